The van der Waals surface area contributed by atoms with E-state index in [0.29, 0.717) is 5.56 Å². The van der Waals surface area contributed by atoms with Gasteiger partial charge in [-0.25, -0.2) is 9.78 Å². The molecule has 1 atom stereocenters. The third-order valence-corrected chi connectivity index (χ3v) is 1.71. The fourth-order valence-electron chi connectivity index (χ4n) is 0.923. The normalized spacial score (nSPS) is 11.5. The molecule has 1 N–H and O–H groups in total. The Kier molecular flexibility index (Phi) is 3.04. The average molecular weight is 192 g/mol. The first-order valence-corrected chi connectivity index (χ1v) is 3.88. The number of aromatic carboxylic acids is 1. The van der Waals surface area contributed by atoms with Crippen LogP contribution in [0.25, 0.3) is 10.4 Å². The van der Waals surface area contributed by atoms with Crippen molar-refractivity contribution in [1.29, 1.82) is 0 Å². The Labute approximate surface area is 79.8 Å². The summed E-state index contributed by atoms with van der Waals surface area (Å²) in [7, 11) is 0. The second kappa shape index (κ2) is 4.25. The van der Waals surface area contributed by atoms with E-state index in [-0.39, 0.29) is 11.7 Å². The Morgan fingerprint density at radius 2 is 2.43 bits per heavy atom. The Hall–Kier alpha value is -2.07. The molecule has 0 spiro atoms. The van der Waals surface area contributed by atoms with E-state index in [0.717, 1.165) is 0 Å². The predicted molar refractivity (Wildman–Crippen MR) is 48.8 cm³/mol. The van der Waals surface area contributed by atoms with Crippen LogP contribution in [0.5, 0.6) is 0 Å². The second-order valence-electron chi connectivity index (χ2n) is 2.66. The molecular weight excluding hydrogens is 184 g/mol. The van der Waals surface area contributed by atoms with Gasteiger partial charge in [0.05, 0.1) is 6.04 Å². The van der Waals surface area contributed by atoms with Gasteiger partial charge >= 0.3 is 5.97 Å². The Morgan fingerprint density at radius 1 is 1.71 bits per heavy atom. The fraction of sp³-hybridized carbons (Fsp3) is 0.250. The number of pyridine rings is 1. The van der Waals surface area contributed by atoms with E-state index in [4.69, 9.17) is 10.6 Å². The Bertz CT molecular complexity index is 381. The van der Waals surface area contributed by atoms with Gasteiger partial charge in [-0.1, -0.05) is 18.1 Å². The molecular formula is C8H8N4O2. The largest absolute Gasteiger partial charge is 0.477 e. The van der Waals surface area contributed by atoms with Crippen LogP contribution in [0.4, 0.5) is 0 Å². The van der Waals surface area contributed by atoms with Crippen LogP contribution in [0.2, 0.25) is 0 Å². The molecule has 0 saturated heterocycles. The molecule has 0 aliphatic carbocycles. The summed E-state index contributed by atoms with van der Waals surface area (Å²) in [5, 5.41) is 12.0. The van der Waals surface area contributed by atoms with E-state index in [1.807, 2.05) is 0 Å². The van der Waals surface area contributed by atoms with Gasteiger partial charge in [0.15, 0.2) is 0 Å². The second-order valence-corrected chi connectivity index (χ2v) is 2.66. The third kappa shape index (κ3) is 2.21. The molecule has 1 unspecified atom stereocenters. The van der Waals surface area contributed by atoms with Crippen molar-refractivity contribution in [3.8, 4) is 0 Å². The van der Waals surface area contributed by atoms with Crippen LogP contribution in [0.15, 0.2) is 23.4 Å². The van der Waals surface area contributed by atoms with E-state index in [9.17, 15) is 4.79 Å². The maximum atomic E-state index is 10.5. The Balaban J connectivity index is 2.93. The maximum Gasteiger partial charge on any atom is 0.354 e. The minimum absolute atomic E-state index is 0.0260. The van der Waals surface area contributed by atoms with Gasteiger partial charge in [-0.2, -0.15) is 0 Å². The van der Waals surface area contributed by atoms with Crippen molar-refractivity contribution in [3.05, 3.63) is 40.0 Å². The lowest BCUT2D eigenvalue weighted by atomic mass is 10.1. The van der Waals surface area contributed by atoms with Gasteiger partial charge in [-0.3, -0.25) is 0 Å². The van der Waals surface area contributed by atoms with Gasteiger partial charge in [0, 0.05) is 11.1 Å². The minimum Gasteiger partial charge on any atom is -0.477 e. The van der Waals surface area contributed by atoms with Crippen molar-refractivity contribution in [3.63, 3.8) is 0 Å². The number of rotatable bonds is 3. The highest BCUT2D eigenvalue weighted by Crippen LogP contribution is 2.15. The summed E-state index contributed by atoms with van der Waals surface area (Å²) < 4.78 is 0. The summed E-state index contributed by atoms with van der Waals surface area (Å²) in [5.74, 6) is -1.08. The Morgan fingerprint density at radius 3 is 2.86 bits per heavy atom. The first kappa shape index (κ1) is 10.0. The lowest BCUT2D eigenvalue weighted by Gasteiger charge is -2.03. The van der Waals surface area contributed by atoms with E-state index < -0.39 is 5.97 Å². The van der Waals surface area contributed by atoms with Crippen LogP contribution in [0, 0.1) is 0 Å². The standard InChI is InChI=1S/C8H8N4O2/c1-5(11-12-9)6-2-3-7(8(13)14)10-4-6/h2-5H,1H3,(H,13,14). The van der Waals surface area contributed by atoms with E-state index in [2.05, 4.69) is 15.0 Å². The van der Waals surface area contributed by atoms with Gasteiger partial charge in [0.2, 0.25) is 0 Å². The van der Waals surface area contributed by atoms with E-state index in [1.54, 1.807) is 13.0 Å². The number of hydrogen-bond acceptors (Lipinski definition) is 3. The number of carboxylic acid groups (broad SMARTS) is 1. The quantitative estimate of drug-likeness (QED) is 0.451. The molecule has 72 valence electrons. The molecule has 6 nitrogen and oxygen atoms in total. The fourth-order valence-corrected chi connectivity index (χ4v) is 0.923. The summed E-state index contributed by atoms with van der Waals surface area (Å²) in [5.41, 5.74) is 8.85. The van der Waals surface area contributed by atoms with Crippen molar-refractivity contribution in [2.75, 3.05) is 0 Å². The van der Waals surface area contributed by atoms with Gasteiger partial charge in [0.1, 0.15) is 5.69 Å². The number of aromatic nitrogens is 1. The molecule has 1 aromatic heterocycles. The SMILES string of the molecule is CC(N=[N+]=[N-])c1ccc(C(=O)O)nc1. The number of azide groups is 1. The zero-order valence-corrected chi connectivity index (χ0v) is 7.45. The molecule has 0 saturated carbocycles. The van der Waals surface area contributed by atoms with Crippen LogP contribution < -0.4 is 0 Å². The topological polar surface area (TPSA) is 99.0 Å². The molecule has 1 rings (SSSR count). The number of hydrogen-bond donors (Lipinski definition) is 1. The van der Waals surface area contributed by atoms with Gasteiger partial charge in [-0.15, -0.1) is 0 Å². The van der Waals surface area contributed by atoms with Crippen LogP contribution in [0.1, 0.15) is 29.0 Å². The third-order valence-electron chi connectivity index (χ3n) is 1.71. The van der Waals surface area contributed by atoms with E-state index in [1.165, 1.54) is 12.3 Å². The highest BCUT2D eigenvalue weighted by molar-refractivity contribution is 5.85. The molecule has 0 radical (unpaired) electrons. The van der Waals surface area contributed by atoms with Crippen molar-refractivity contribution < 1.29 is 9.90 Å². The van der Waals surface area contributed by atoms with Crippen molar-refractivity contribution in [2.24, 2.45) is 5.11 Å². The highest BCUT2D eigenvalue weighted by atomic mass is 16.4. The highest BCUT2D eigenvalue weighted by Gasteiger charge is 2.06. The lowest BCUT2D eigenvalue weighted by Crippen LogP contribution is -2.00. The zero-order chi connectivity index (χ0) is 10.6. The van der Waals surface area contributed by atoms with Gasteiger partial charge in [0.25, 0.3) is 0 Å². The summed E-state index contributed by atoms with van der Waals surface area (Å²) in [4.78, 5) is 16.8. The monoisotopic (exact) mass is 192 g/mol. The average Bonchev–Trinajstić information content (AvgIpc) is 2.18. The predicted octanol–water partition coefficient (Wildman–Crippen LogP) is 2.15. The summed E-state index contributed by atoms with van der Waals surface area (Å²) in [6, 6.07) is 2.62. The first-order chi connectivity index (χ1) is 6.65. The number of nitrogens with zero attached hydrogens (tertiary/aromatic N) is 4. The maximum absolute atomic E-state index is 10.5. The number of carboxylic acids is 1. The van der Waals surface area contributed by atoms with Crippen LogP contribution in [-0.4, -0.2) is 16.1 Å². The van der Waals surface area contributed by atoms with Crippen molar-refractivity contribution in [2.45, 2.75) is 13.0 Å². The molecule has 6 heteroatoms. The minimum atomic E-state index is -1.08. The summed E-state index contributed by atoms with van der Waals surface area (Å²) in [6.07, 6.45) is 1.39. The molecule has 0 aliphatic rings. The summed E-state index contributed by atoms with van der Waals surface area (Å²) in [6.45, 7) is 1.71. The van der Waals surface area contributed by atoms with Crippen molar-refractivity contribution in [1.82, 2.24) is 4.98 Å². The van der Waals surface area contributed by atoms with Gasteiger partial charge in [-0.05, 0) is 17.2 Å². The lowest BCUT2D eigenvalue weighted by molar-refractivity contribution is 0.0690. The molecule has 0 aliphatic heterocycles. The smallest absolute Gasteiger partial charge is 0.354 e. The van der Waals surface area contributed by atoms with Crippen LogP contribution in [0.3, 0.4) is 0 Å². The van der Waals surface area contributed by atoms with Crippen molar-refractivity contribution >= 4 is 5.97 Å². The summed E-state index contributed by atoms with van der Waals surface area (Å²) >= 11 is 0. The van der Waals surface area contributed by atoms with Gasteiger partial charge < -0.3 is 5.11 Å². The van der Waals surface area contributed by atoms with E-state index >= 15 is 0 Å². The molecule has 1 heterocycles. The number of carbonyl (C=O) groups is 1. The van der Waals surface area contributed by atoms with Crippen LogP contribution >= 0.6 is 0 Å². The molecule has 0 aromatic carbocycles. The first-order valence-electron chi connectivity index (χ1n) is 3.88. The van der Waals surface area contributed by atoms with Crippen LogP contribution in [-0.2, 0) is 0 Å². The molecule has 0 fully saturated rings. The molecule has 0 bridgehead atoms. The molecule has 1 aromatic rings. The molecule has 14 heavy (non-hydrogen) atoms. The molecule has 0 amide bonds. The zero-order valence-electron chi connectivity index (χ0n) is 7.45.